The van der Waals surface area contributed by atoms with Crippen molar-refractivity contribution < 1.29 is 4.74 Å². The third kappa shape index (κ3) is 3.34. The smallest absolute Gasteiger partial charge is 0.235 e. The number of aromatic nitrogens is 3. The molecule has 0 atom stereocenters. The first kappa shape index (κ1) is 17.8. The number of benzene rings is 2. The van der Waals surface area contributed by atoms with Crippen molar-refractivity contribution in [2.75, 3.05) is 12.4 Å². The number of nitrogens with zero attached hydrogens (tertiary/aromatic N) is 3. The van der Waals surface area contributed by atoms with E-state index in [1.807, 2.05) is 53.1 Å². The number of rotatable bonds is 5. The van der Waals surface area contributed by atoms with Crippen molar-refractivity contribution in [3.05, 3.63) is 83.3 Å². The topological polar surface area (TPSA) is 51.5 Å². The van der Waals surface area contributed by atoms with Gasteiger partial charge in [-0.05, 0) is 49.3 Å². The molecule has 0 saturated heterocycles. The standard InChI is InChI=1S/C23H22N4O/c1-16-8-6-9-17(2)21(16)26-22-19(25-23-24-14-7-15-27(22)23)13-12-18-10-4-5-11-20(18)28-3/h4-15,26H,1-3H3. The van der Waals surface area contributed by atoms with Crippen LogP contribution in [0.15, 0.2) is 60.9 Å². The molecular formula is C23H22N4O. The lowest BCUT2D eigenvalue weighted by Gasteiger charge is -2.13. The minimum absolute atomic E-state index is 0.649. The molecule has 5 nitrogen and oxygen atoms in total. The van der Waals surface area contributed by atoms with Crippen LogP contribution in [0.4, 0.5) is 11.5 Å². The first-order valence-electron chi connectivity index (χ1n) is 9.15. The van der Waals surface area contributed by atoms with Gasteiger partial charge >= 0.3 is 0 Å². The van der Waals surface area contributed by atoms with Crippen molar-refractivity contribution in [2.45, 2.75) is 13.8 Å². The summed E-state index contributed by atoms with van der Waals surface area (Å²) in [4.78, 5) is 9.09. The molecule has 4 rings (SSSR count). The Morgan fingerprint density at radius 1 is 0.964 bits per heavy atom. The van der Waals surface area contributed by atoms with Gasteiger partial charge in [0.05, 0.1) is 7.11 Å². The largest absolute Gasteiger partial charge is 0.496 e. The average molecular weight is 370 g/mol. The molecule has 5 heteroatoms. The number of methoxy groups -OCH3 is 1. The third-order valence-electron chi connectivity index (χ3n) is 4.71. The van der Waals surface area contributed by atoms with E-state index >= 15 is 0 Å². The molecule has 0 fully saturated rings. The number of imidazole rings is 1. The van der Waals surface area contributed by atoms with Gasteiger partial charge in [-0.15, -0.1) is 0 Å². The van der Waals surface area contributed by atoms with Crippen molar-refractivity contribution in [1.29, 1.82) is 0 Å². The van der Waals surface area contributed by atoms with Crippen LogP contribution in [0.5, 0.6) is 5.75 Å². The number of fused-ring (bicyclic) bond motifs is 1. The Balaban J connectivity index is 1.81. The Morgan fingerprint density at radius 3 is 2.54 bits per heavy atom. The van der Waals surface area contributed by atoms with Crippen LogP contribution >= 0.6 is 0 Å². The lowest BCUT2D eigenvalue weighted by atomic mass is 10.1. The number of hydrogen-bond acceptors (Lipinski definition) is 4. The van der Waals surface area contributed by atoms with Crippen LogP contribution in [0.25, 0.3) is 17.9 Å². The zero-order chi connectivity index (χ0) is 19.5. The first-order chi connectivity index (χ1) is 13.7. The van der Waals surface area contributed by atoms with Gasteiger partial charge in [0.1, 0.15) is 17.3 Å². The molecule has 0 saturated carbocycles. The van der Waals surface area contributed by atoms with Crippen LogP contribution in [0.2, 0.25) is 0 Å². The zero-order valence-electron chi connectivity index (χ0n) is 16.2. The van der Waals surface area contributed by atoms with Crippen LogP contribution in [0, 0.1) is 13.8 Å². The van der Waals surface area contributed by atoms with E-state index in [9.17, 15) is 0 Å². The molecule has 0 bridgehead atoms. The summed E-state index contributed by atoms with van der Waals surface area (Å²) in [7, 11) is 1.68. The fourth-order valence-electron chi connectivity index (χ4n) is 3.25. The molecule has 4 aromatic rings. The zero-order valence-corrected chi connectivity index (χ0v) is 16.2. The fourth-order valence-corrected chi connectivity index (χ4v) is 3.25. The van der Waals surface area contributed by atoms with E-state index in [1.165, 1.54) is 11.1 Å². The van der Waals surface area contributed by atoms with Crippen molar-refractivity contribution in [1.82, 2.24) is 14.4 Å². The molecule has 140 valence electrons. The van der Waals surface area contributed by atoms with E-state index in [4.69, 9.17) is 9.72 Å². The highest BCUT2D eigenvalue weighted by molar-refractivity contribution is 5.80. The van der Waals surface area contributed by atoms with Gasteiger partial charge in [0.15, 0.2) is 0 Å². The fraction of sp³-hybridized carbons (Fsp3) is 0.130. The molecule has 2 aromatic heterocycles. The van der Waals surface area contributed by atoms with E-state index in [0.29, 0.717) is 5.78 Å². The molecule has 1 N–H and O–H groups in total. The summed E-state index contributed by atoms with van der Waals surface area (Å²) in [6, 6.07) is 16.1. The summed E-state index contributed by atoms with van der Waals surface area (Å²) >= 11 is 0. The molecule has 0 amide bonds. The Morgan fingerprint density at radius 2 is 1.75 bits per heavy atom. The number of aryl methyl sites for hydroxylation is 2. The lowest BCUT2D eigenvalue weighted by Crippen LogP contribution is -2.00. The van der Waals surface area contributed by atoms with Crippen molar-refractivity contribution in [3.8, 4) is 5.75 Å². The molecule has 0 aliphatic rings. The van der Waals surface area contributed by atoms with Crippen LogP contribution in [-0.2, 0) is 0 Å². The van der Waals surface area contributed by atoms with Crippen LogP contribution in [-0.4, -0.2) is 21.5 Å². The maximum Gasteiger partial charge on any atom is 0.235 e. The van der Waals surface area contributed by atoms with E-state index in [-0.39, 0.29) is 0 Å². The highest BCUT2D eigenvalue weighted by atomic mass is 16.5. The Labute approximate surface area is 164 Å². The Bertz CT molecular complexity index is 1140. The van der Waals surface area contributed by atoms with Crippen molar-refractivity contribution >= 4 is 29.4 Å². The summed E-state index contributed by atoms with van der Waals surface area (Å²) in [5.41, 5.74) is 5.25. The van der Waals surface area contributed by atoms with Gasteiger partial charge in [-0.3, -0.25) is 4.40 Å². The first-order valence-corrected chi connectivity index (χ1v) is 9.15. The molecule has 0 aliphatic heterocycles. The highest BCUT2D eigenvalue weighted by Gasteiger charge is 2.13. The van der Waals surface area contributed by atoms with Gasteiger partial charge < -0.3 is 10.1 Å². The molecule has 0 unspecified atom stereocenters. The Kier molecular flexibility index (Phi) is 4.81. The van der Waals surface area contributed by atoms with Gasteiger partial charge in [-0.2, -0.15) is 0 Å². The summed E-state index contributed by atoms with van der Waals surface area (Å²) in [6.45, 7) is 4.20. The molecule has 2 aromatic carbocycles. The molecule has 0 radical (unpaired) electrons. The summed E-state index contributed by atoms with van der Waals surface area (Å²) < 4.78 is 7.41. The van der Waals surface area contributed by atoms with Crippen molar-refractivity contribution in [3.63, 3.8) is 0 Å². The molecule has 0 aliphatic carbocycles. The minimum atomic E-state index is 0.649. The van der Waals surface area contributed by atoms with E-state index in [0.717, 1.165) is 28.5 Å². The average Bonchev–Trinajstić information content (AvgIpc) is 3.07. The number of hydrogen-bond donors (Lipinski definition) is 1. The molecule has 0 spiro atoms. The monoisotopic (exact) mass is 370 g/mol. The normalized spacial score (nSPS) is 11.2. The summed E-state index contributed by atoms with van der Waals surface area (Å²) in [5, 5.41) is 3.57. The van der Waals surface area contributed by atoms with Crippen molar-refractivity contribution in [2.24, 2.45) is 0 Å². The quantitative estimate of drug-likeness (QED) is 0.520. The number of ether oxygens (including phenoxy) is 1. The molecular weight excluding hydrogens is 348 g/mol. The number of para-hydroxylation sites is 2. The van der Waals surface area contributed by atoms with Crippen LogP contribution in [0.3, 0.4) is 0 Å². The second kappa shape index (κ2) is 7.56. The van der Waals surface area contributed by atoms with E-state index in [1.54, 1.807) is 13.3 Å². The SMILES string of the molecule is COc1ccccc1C=Cc1nc2ncccn2c1Nc1c(C)cccc1C. The van der Waals surface area contributed by atoms with Crippen LogP contribution in [0.1, 0.15) is 22.4 Å². The number of nitrogens with one attached hydrogen (secondary N) is 1. The lowest BCUT2D eigenvalue weighted by molar-refractivity contribution is 0.414. The molecule has 28 heavy (non-hydrogen) atoms. The predicted molar refractivity (Wildman–Crippen MR) is 114 cm³/mol. The van der Waals surface area contributed by atoms with Gasteiger partial charge in [0, 0.05) is 23.6 Å². The maximum atomic E-state index is 5.45. The van der Waals surface area contributed by atoms with Crippen LogP contribution < -0.4 is 10.1 Å². The summed E-state index contributed by atoms with van der Waals surface area (Å²) in [6.07, 6.45) is 7.71. The number of anilines is 2. The van der Waals surface area contributed by atoms with E-state index in [2.05, 4.69) is 42.3 Å². The predicted octanol–water partition coefficient (Wildman–Crippen LogP) is 5.27. The van der Waals surface area contributed by atoms with E-state index < -0.39 is 0 Å². The van der Waals surface area contributed by atoms with Gasteiger partial charge in [-0.25, -0.2) is 9.97 Å². The van der Waals surface area contributed by atoms with Gasteiger partial charge in [0.2, 0.25) is 5.78 Å². The van der Waals surface area contributed by atoms with Gasteiger partial charge in [0.25, 0.3) is 0 Å². The molecule has 2 heterocycles. The van der Waals surface area contributed by atoms with Gasteiger partial charge in [-0.1, -0.05) is 36.4 Å². The highest BCUT2D eigenvalue weighted by Crippen LogP contribution is 2.29. The minimum Gasteiger partial charge on any atom is -0.496 e. The second-order valence-corrected chi connectivity index (χ2v) is 6.60. The second-order valence-electron chi connectivity index (χ2n) is 6.60. The maximum absolute atomic E-state index is 5.45. The summed E-state index contributed by atoms with van der Waals surface area (Å²) in [5.74, 6) is 2.35. The third-order valence-corrected chi connectivity index (χ3v) is 4.71. The Hall–Kier alpha value is -3.60.